The summed E-state index contributed by atoms with van der Waals surface area (Å²) < 4.78 is 39.5. The number of nitrogens with one attached hydrogen (secondary N) is 2. The molecule has 0 spiro atoms. The lowest BCUT2D eigenvalue weighted by atomic mass is 9.96. The number of rotatable bonds is 12. The van der Waals surface area contributed by atoms with Gasteiger partial charge in [0.2, 0.25) is 11.8 Å². The highest BCUT2D eigenvalue weighted by Gasteiger charge is 2.56. The van der Waals surface area contributed by atoms with Crippen LogP contribution in [0.1, 0.15) is 91.2 Å². The summed E-state index contributed by atoms with van der Waals surface area (Å²) in [6, 6.07) is 21.9. The third-order valence-electron chi connectivity index (χ3n) is 11.2. The van der Waals surface area contributed by atoms with E-state index in [-0.39, 0.29) is 30.0 Å². The molecule has 5 aromatic rings. The zero-order valence-electron chi connectivity index (χ0n) is 37.7. The quantitative estimate of drug-likeness (QED) is 0.108. The van der Waals surface area contributed by atoms with Crippen LogP contribution in [0.5, 0.6) is 23.3 Å². The van der Waals surface area contributed by atoms with Crippen molar-refractivity contribution >= 4 is 45.4 Å². The standard InChI is InChI=1S/C33H41ClFN5O5.C15H13BrN2O3/c1-30(2,3)40(29(42)45-31(4,5)6)33(15-16-33)22-8-11-24(12-9-22)44-26-13-10-23(18-36-26)39-28(41)27(34)25(19-38-39)37-20-32(35)14-7-17-43-21-32;16-11-3-6-13(17-9-11)21-12-4-1-10(2-5-12)15(7-8-15)18-14(19)20/h8-13,18-19,37H,7,14-17,20-21H2,1-6H3;1-6,9,18H,7-8H2,(H,19,20)/t32-;/m1./s1. The van der Waals surface area contributed by atoms with E-state index in [1.807, 2.05) is 101 Å². The summed E-state index contributed by atoms with van der Waals surface area (Å²) in [6.45, 7) is 12.2. The lowest BCUT2D eigenvalue weighted by Crippen LogP contribution is -2.53. The minimum atomic E-state index is -1.53. The molecule has 2 aliphatic carbocycles. The Morgan fingerprint density at radius 2 is 1.47 bits per heavy atom. The van der Waals surface area contributed by atoms with Gasteiger partial charge in [-0.15, -0.1) is 0 Å². The molecule has 1 aliphatic heterocycles. The third kappa shape index (κ3) is 11.8. The first-order valence-corrected chi connectivity index (χ1v) is 22.8. The first-order chi connectivity index (χ1) is 31.2. The predicted octanol–water partition coefficient (Wildman–Crippen LogP) is 10.9. The Labute approximate surface area is 396 Å². The fourth-order valence-corrected chi connectivity index (χ4v) is 8.25. The van der Waals surface area contributed by atoms with E-state index in [4.69, 9.17) is 35.7 Å². The van der Waals surface area contributed by atoms with Gasteiger partial charge < -0.3 is 34.7 Å². The molecular weight excluding hydrogens is 937 g/mol. The summed E-state index contributed by atoms with van der Waals surface area (Å²) in [5, 5.41) is 18.5. The second kappa shape index (κ2) is 19.2. The minimum Gasteiger partial charge on any atom is -0.465 e. The van der Waals surface area contributed by atoms with Crippen molar-refractivity contribution in [3.05, 3.63) is 122 Å². The van der Waals surface area contributed by atoms with Gasteiger partial charge in [-0.25, -0.2) is 23.9 Å². The van der Waals surface area contributed by atoms with Crippen LogP contribution in [0.4, 0.5) is 19.7 Å². The van der Waals surface area contributed by atoms with E-state index in [2.05, 4.69) is 41.6 Å². The molecule has 3 fully saturated rings. The molecule has 3 aromatic heterocycles. The highest BCUT2D eigenvalue weighted by atomic mass is 79.9. The van der Waals surface area contributed by atoms with Crippen LogP contribution >= 0.6 is 27.5 Å². The number of pyridine rings is 2. The van der Waals surface area contributed by atoms with E-state index < -0.39 is 39.5 Å². The zero-order valence-corrected chi connectivity index (χ0v) is 40.0. The van der Waals surface area contributed by atoms with E-state index in [0.29, 0.717) is 48.4 Å². The molecule has 0 radical (unpaired) electrons. The number of carbonyl (C=O) groups is 2. The summed E-state index contributed by atoms with van der Waals surface area (Å²) in [7, 11) is 0. The summed E-state index contributed by atoms with van der Waals surface area (Å²) >= 11 is 9.64. The van der Waals surface area contributed by atoms with Crippen molar-refractivity contribution in [3.8, 4) is 28.9 Å². The molecule has 2 amide bonds. The van der Waals surface area contributed by atoms with Crippen LogP contribution in [0, 0.1) is 0 Å². The number of alkyl halides is 1. The Kier molecular flexibility index (Phi) is 14.0. The second-order valence-corrected chi connectivity index (χ2v) is 20.0. The van der Waals surface area contributed by atoms with E-state index in [1.165, 1.54) is 12.4 Å². The number of aromatic nitrogens is 4. The number of benzene rings is 2. The average molecular weight is 991 g/mol. The van der Waals surface area contributed by atoms with Crippen molar-refractivity contribution in [1.29, 1.82) is 0 Å². The molecule has 4 heterocycles. The van der Waals surface area contributed by atoms with Crippen molar-refractivity contribution in [2.24, 2.45) is 0 Å². The van der Waals surface area contributed by atoms with Gasteiger partial charge in [0, 0.05) is 34.9 Å². The summed E-state index contributed by atoms with van der Waals surface area (Å²) in [5.74, 6) is 2.06. The zero-order chi connectivity index (χ0) is 47.5. The van der Waals surface area contributed by atoms with Crippen molar-refractivity contribution in [2.75, 3.05) is 25.1 Å². The van der Waals surface area contributed by atoms with E-state index in [9.17, 15) is 18.8 Å². The Bertz CT molecular complexity index is 2550. The number of hydrogen-bond acceptors (Lipinski definition) is 11. The number of hydrogen-bond donors (Lipinski definition) is 3. The molecule has 350 valence electrons. The van der Waals surface area contributed by atoms with Gasteiger partial charge in [0.25, 0.3) is 5.56 Å². The Hall–Kier alpha value is -5.78. The molecule has 18 heteroatoms. The molecule has 2 saturated carbocycles. The molecule has 2 aromatic carbocycles. The van der Waals surface area contributed by atoms with Crippen molar-refractivity contribution in [3.63, 3.8) is 0 Å². The number of ether oxygens (including phenoxy) is 4. The largest absolute Gasteiger partial charge is 0.465 e. The molecular formula is C48H54BrClFN7O8. The summed E-state index contributed by atoms with van der Waals surface area (Å²) in [5.41, 5.74) is -1.39. The number of nitrogens with zero attached hydrogens (tertiary/aromatic N) is 5. The maximum absolute atomic E-state index is 14.9. The second-order valence-electron chi connectivity index (χ2n) is 18.7. The summed E-state index contributed by atoms with van der Waals surface area (Å²) in [6.07, 6.45) is 7.53. The number of carboxylic acid groups (broad SMARTS) is 1. The van der Waals surface area contributed by atoms with Crippen LogP contribution in [0.2, 0.25) is 5.02 Å². The maximum atomic E-state index is 14.9. The average Bonchev–Trinajstić information content (AvgIpc) is 4.20. The van der Waals surface area contributed by atoms with Gasteiger partial charge >= 0.3 is 12.2 Å². The molecule has 1 atom stereocenters. The number of amides is 2. The molecule has 66 heavy (non-hydrogen) atoms. The van der Waals surface area contributed by atoms with Gasteiger partial charge in [-0.05, 0) is 144 Å². The molecule has 0 bridgehead atoms. The molecule has 0 unspecified atom stereocenters. The van der Waals surface area contributed by atoms with Crippen LogP contribution in [0.3, 0.4) is 0 Å². The van der Waals surface area contributed by atoms with E-state index in [0.717, 1.165) is 46.0 Å². The van der Waals surface area contributed by atoms with Crippen LogP contribution < -0.4 is 25.7 Å². The van der Waals surface area contributed by atoms with E-state index >= 15 is 0 Å². The Balaban J connectivity index is 0.000000256. The molecule has 8 rings (SSSR count). The SMILES string of the molecule is CC(C)(C)OC(=O)N(C(C)(C)C)C1(c2ccc(Oc3ccc(-n4ncc(NC[C@]5(F)CCCOC5)c(Cl)c4=O)cn3)cc2)CC1.O=C(O)NC1(c2ccc(Oc3ccc(Br)cn3)cc2)CC1. The van der Waals surface area contributed by atoms with Gasteiger partial charge in [0.1, 0.15) is 22.1 Å². The first-order valence-electron chi connectivity index (χ1n) is 21.7. The molecule has 15 nitrogen and oxygen atoms in total. The molecule has 3 aliphatic rings. The summed E-state index contributed by atoms with van der Waals surface area (Å²) in [4.78, 5) is 47.4. The Morgan fingerprint density at radius 1 is 0.864 bits per heavy atom. The monoisotopic (exact) mass is 989 g/mol. The predicted molar refractivity (Wildman–Crippen MR) is 251 cm³/mol. The number of anilines is 1. The Morgan fingerprint density at radius 3 is 1.95 bits per heavy atom. The number of halogens is 3. The fourth-order valence-electron chi connectivity index (χ4n) is 7.82. The van der Waals surface area contributed by atoms with Crippen molar-refractivity contribution in [2.45, 2.75) is 108 Å². The lowest BCUT2D eigenvalue weighted by Gasteiger charge is -2.43. The molecule has 3 N–H and O–H groups in total. The van der Waals surface area contributed by atoms with Crippen LogP contribution in [0.15, 0.2) is 101 Å². The topological polar surface area (TPSA) is 179 Å². The highest BCUT2D eigenvalue weighted by Crippen LogP contribution is 2.54. The van der Waals surface area contributed by atoms with Gasteiger partial charge in [0.05, 0.1) is 48.0 Å². The van der Waals surface area contributed by atoms with Crippen LogP contribution in [-0.2, 0) is 20.6 Å². The maximum Gasteiger partial charge on any atom is 0.411 e. The van der Waals surface area contributed by atoms with Gasteiger partial charge in [-0.1, -0.05) is 35.9 Å². The third-order valence-corrected chi connectivity index (χ3v) is 12.0. The van der Waals surface area contributed by atoms with Crippen molar-refractivity contribution in [1.82, 2.24) is 30.0 Å². The minimum absolute atomic E-state index is 0.00295. The van der Waals surface area contributed by atoms with Gasteiger partial charge in [-0.2, -0.15) is 9.78 Å². The highest BCUT2D eigenvalue weighted by molar-refractivity contribution is 9.10. The van der Waals surface area contributed by atoms with Gasteiger partial charge in [-0.3, -0.25) is 9.69 Å². The number of carbonyl (C=O) groups excluding carboxylic acids is 1. The van der Waals surface area contributed by atoms with Crippen molar-refractivity contribution < 1.29 is 38.0 Å². The van der Waals surface area contributed by atoms with Crippen LogP contribution in [0.25, 0.3) is 5.69 Å². The first kappa shape index (κ1) is 48.2. The van der Waals surface area contributed by atoms with Crippen LogP contribution in [-0.4, -0.2) is 78.5 Å². The lowest BCUT2D eigenvalue weighted by molar-refractivity contribution is -0.0234. The van der Waals surface area contributed by atoms with Gasteiger partial charge in [0.15, 0.2) is 5.67 Å². The molecule has 1 saturated heterocycles. The van der Waals surface area contributed by atoms with E-state index in [1.54, 1.807) is 24.4 Å². The normalized spacial score (nSPS) is 18.1. The fraction of sp³-hybridized carbons (Fsp3) is 0.417. The smallest absolute Gasteiger partial charge is 0.411 e.